The molecule has 1 aromatic heterocycles. The van der Waals surface area contributed by atoms with Gasteiger partial charge in [0.25, 0.3) is 0 Å². The van der Waals surface area contributed by atoms with Crippen LogP contribution >= 0.6 is 0 Å². The van der Waals surface area contributed by atoms with E-state index in [1.165, 1.54) is 10.9 Å². The molecule has 2 nitrogen and oxygen atoms in total. The Labute approximate surface area is 96.6 Å². The molecule has 0 saturated heterocycles. The quantitative estimate of drug-likeness (QED) is 0.846. The first-order chi connectivity index (χ1) is 7.72. The van der Waals surface area contributed by atoms with Gasteiger partial charge in [0.1, 0.15) is 11.3 Å². The maximum absolute atomic E-state index is 5.72. The lowest BCUT2D eigenvalue weighted by atomic mass is 10.1. The summed E-state index contributed by atoms with van der Waals surface area (Å²) in [6.45, 7) is 7.32. The standard InChI is InChI=1S/C14H19NO/c1-4-10(2)15-9-13-11(3)16-14-8-6-5-7-12(13)14/h5-8,10,15H,4,9H2,1-3H3. The molecule has 1 N–H and O–H groups in total. The molecule has 0 saturated carbocycles. The number of hydrogen-bond acceptors (Lipinski definition) is 2. The van der Waals surface area contributed by atoms with Gasteiger partial charge < -0.3 is 9.73 Å². The molecule has 2 heteroatoms. The highest BCUT2D eigenvalue weighted by molar-refractivity contribution is 5.82. The van der Waals surface area contributed by atoms with Crippen molar-refractivity contribution in [2.75, 3.05) is 0 Å². The van der Waals surface area contributed by atoms with Crippen molar-refractivity contribution in [2.45, 2.75) is 39.8 Å². The topological polar surface area (TPSA) is 25.2 Å². The number of para-hydroxylation sites is 1. The summed E-state index contributed by atoms with van der Waals surface area (Å²) in [5.41, 5.74) is 2.27. The first-order valence-corrected chi connectivity index (χ1v) is 5.92. The van der Waals surface area contributed by atoms with Crippen LogP contribution in [0.25, 0.3) is 11.0 Å². The molecule has 2 rings (SSSR count). The molecule has 1 aromatic carbocycles. The van der Waals surface area contributed by atoms with Crippen molar-refractivity contribution in [3.63, 3.8) is 0 Å². The second-order valence-corrected chi connectivity index (χ2v) is 4.32. The maximum Gasteiger partial charge on any atom is 0.134 e. The van der Waals surface area contributed by atoms with E-state index in [4.69, 9.17) is 4.42 Å². The Hall–Kier alpha value is -1.28. The fourth-order valence-corrected chi connectivity index (χ4v) is 1.86. The van der Waals surface area contributed by atoms with E-state index in [0.29, 0.717) is 6.04 Å². The van der Waals surface area contributed by atoms with Gasteiger partial charge in [-0.3, -0.25) is 0 Å². The van der Waals surface area contributed by atoms with E-state index in [-0.39, 0.29) is 0 Å². The van der Waals surface area contributed by atoms with Gasteiger partial charge in [-0.25, -0.2) is 0 Å². The third-order valence-corrected chi connectivity index (χ3v) is 3.14. The molecule has 1 heterocycles. The van der Waals surface area contributed by atoms with Gasteiger partial charge in [0.15, 0.2) is 0 Å². The predicted octanol–water partition coefficient (Wildman–Crippen LogP) is 3.63. The minimum Gasteiger partial charge on any atom is -0.461 e. The predicted molar refractivity (Wildman–Crippen MR) is 67.5 cm³/mol. The molecule has 0 aliphatic rings. The minimum atomic E-state index is 0.549. The smallest absolute Gasteiger partial charge is 0.134 e. The zero-order valence-electron chi connectivity index (χ0n) is 10.2. The molecule has 0 aliphatic heterocycles. The number of hydrogen-bond donors (Lipinski definition) is 1. The number of furan rings is 1. The summed E-state index contributed by atoms with van der Waals surface area (Å²) >= 11 is 0. The Morgan fingerprint density at radius 3 is 2.81 bits per heavy atom. The minimum absolute atomic E-state index is 0.549. The SMILES string of the molecule is CCC(C)NCc1c(C)oc2ccccc12. The molecule has 0 bridgehead atoms. The lowest BCUT2D eigenvalue weighted by molar-refractivity contribution is 0.521. The molecule has 0 amide bonds. The van der Waals surface area contributed by atoms with Crippen LogP contribution in [0.3, 0.4) is 0 Å². The monoisotopic (exact) mass is 217 g/mol. The lowest BCUT2D eigenvalue weighted by Gasteiger charge is -2.10. The molecular formula is C14H19NO. The van der Waals surface area contributed by atoms with Crippen LogP contribution in [-0.4, -0.2) is 6.04 Å². The van der Waals surface area contributed by atoms with Gasteiger partial charge in [0.2, 0.25) is 0 Å². The zero-order chi connectivity index (χ0) is 11.5. The fraction of sp³-hybridized carbons (Fsp3) is 0.429. The first kappa shape index (κ1) is 11.2. The Balaban J connectivity index is 2.26. The van der Waals surface area contributed by atoms with Gasteiger partial charge in [-0.05, 0) is 26.3 Å². The van der Waals surface area contributed by atoms with Crippen LogP contribution in [0.15, 0.2) is 28.7 Å². The number of nitrogens with one attached hydrogen (secondary N) is 1. The summed E-state index contributed by atoms with van der Waals surface area (Å²) in [4.78, 5) is 0. The van der Waals surface area contributed by atoms with Crippen molar-refractivity contribution >= 4 is 11.0 Å². The largest absolute Gasteiger partial charge is 0.461 e. The third kappa shape index (κ3) is 2.12. The summed E-state index contributed by atoms with van der Waals surface area (Å²) in [5, 5.41) is 4.74. The van der Waals surface area contributed by atoms with Gasteiger partial charge >= 0.3 is 0 Å². The highest BCUT2D eigenvalue weighted by Crippen LogP contribution is 2.24. The highest BCUT2D eigenvalue weighted by Gasteiger charge is 2.10. The summed E-state index contributed by atoms with van der Waals surface area (Å²) in [6.07, 6.45) is 1.15. The lowest BCUT2D eigenvalue weighted by Crippen LogP contribution is -2.24. The van der Waals surface area contributed by atoms with Crippen LogP contribution < -0.4 is 5.32 Å². The molecule has 0 spiro atoms. The molecule has 0 fully saturated rings. The van der Waals surface area contributed by atoms with Crippen LogP contribution in [0.4, 0.5) is 0 Å². The van der Waals surface area contributed by atoms with E-state index < -0.39 is 0 Å². The van der Waals surface area contributed by atoms with Gasteiger partial charge in [0.05, 0.1) is 0 Å². The third-order valence-electron chi connectivity index (χ3n) is 3.14. The Morgan fingerprint density at radius 2 is 2.06 bits per heavy atom. The Kier molecular flexibility index (Phi) is 3.30. The van der Waals surface area contributed by atoms with E-state index >= 15 is 0 Å². The van der Waals surface area contributed by atoms with Crippen LogP contribution in [0, 0.1) is 6.92 Å². The van der Waals surface area contributed by atoms with Crippen LogP contribution in [-0.2, 0) is 6.54 Å². The van der Waals surface area contributed by atoms with Gasteiger partial charge in [0, 0.05) is 23.5 Å². The van der Waals surface area contributed by atoms with E-state index in [9.17, 15) is 0 Å². The van der Waals surface area contributed by atoms with Crippen LogP contribution in [0.5, 0.6) is 0 Å². The average Bonchev–Trinajstić information content (AvgIpc) is 2.62. The Bertz CT molecular complexity index is 473. The number of aryl methyl sites for hydroxylation is 1. The summed E-state index contributed by atoms with van der Waals surface area (Å²) in [7, 11) is 0. The normalized spacial score (nSPS) is 13.2. The molecule has 86 valence electrons. The molecule has 1 unspecified atom stereocenters. The van der Waals surface area contributed by atoms with Gasteiger partial charge in [-0.15, -0.1) is 0 Å². The molecular weight excluding hydrogens is 198 g/mol. The highest BCUT2D eigenvalue weighted by atomic mass is 16.3. The summed E-state index contributed by atoms with van der Waals surface area (Å²) in [5.74, 6) is 1.03. The van der Waals surface area contributed by atoms with Gasteiger partial charge in [-0.2, -0.15) is 0 Å². The van der Waals surface area contributed by atoms with Crippen LogP contribution in [0.2, 0.25) is 0 Å². The second kappa shape index (κ2) is 4.71. The number of fused-ring (bicyclic) bond motifs is 1. The zero-order valence-corrected chi connectivity index (χ0v) is 10.2. The van der Waals surface area contributed by atoms with Crippen molar-refractivity contribution in [2.24, 2.45) is 0 Å². The van der Waals surface area contributed by atoms with E-state index in [0.717, 1.165) is 24.3 Å². The Morgan fingerprint density at radius 1 is 1.31 bits per heavy atom. The second-order valence-electron chi connectivity index (χ2n) is 4.32. The van der Waals surface area contributed by atoms with E-state index in [1.54, 1.807) is 0 Å². The van der Waals surface area contributed by atoms with E-state index in [2.05, 4.69) is 31.3 Å². The maximum atomic E-state index is 5.72. The fourth-order valence-electron chi connectivity index (χ4n) is 1.86. The molecule has 1 atom stereocenters. The van der Waals surface area contributed by atoms with Crippen molar-refractivity contribution < 1.29 is 4.42 Å². The van der Waals surface area contributed by atoms with Crippen molar-refractivity contribution in [1.82, 2.24) is 5.32 Å². The summed E-state index contributed by atoms with van der Waals surface area (Å²) in [6, 6.07) is 8.77. The van der Waals surface area contributed by atoms with E-state index in [1.807, 2.05) is 19.1 Å². The van der Waals surface area contributed by atoms with Crippen molar-refractivity contribution in [3.8, 4) is 0 Å². The van der Waals surface area contributed by atoms with Crippen molar-refractivity contribution in [1.29, 1.82) is 0 Å². The molecule has 2 aromatic rings. The molecule has 0 aliphatic carbocycles. The van der Waals surface area contributed by atoms with Crippen LogP contribution in [0.1, 0.15) is 31.6 Å². The summed E-state index contributed by atoms with van der Waals surface area (Å²) < 4.78 is 5.72. The van der Waals surface area contributed by atoms with Gasteiger partial charge in [-0.1, -0.05) is 25.1 Å². The average molecular weight is 217 g/mol. The number of benzene rings is 1. The van der Waals surface area contributed by atoms with Crippen molar-refractivity contribution in [3.05, 3.63) is 35.6 Å². The number of rotatable bonds is 4. The first-order valence-electron chi connectivity index (χ1n) is 5.92. The molecule has 16 heavy (non-hydrogen) atoms. The molecule has 0 radical (unpaired) electrons.